The molecule has 0 fully saturated rings. The van der Waals surface area contributed by atoms with E-state index < -0.39 is 5.09 Å². The van der Waals surface area contributed by atoms with Gasteiger partial charge >= 0.3 is 45.5 Å². The molecule has 0 rings (SSSR count). The van der Waals surface area contributed by atoms with Crippen LogP contribution in [0.4, 0.5) is 0 Å². The van der Waals surface area contributed by atoms with Crippen molar-refractivity contribution in [2.45, 2.75) is 0 Å². The smallest absolute Gasteiger partial charge is 1.00 e. The monoisotopic (exact) mass is 207 g/mol. The second kappa shape index (κ2) is 25.7. The maximum atomic E-state index is 8.36. The zero-order valence-electron chi connectivity index (χ0n) is 5.92. The van der Waals surface area contributed by atoms with Crippen molar-refractivity contribution in [3.8, 4) is 0 Å². The van der Waals surface area contributed by atoms with Gasteiger partial charge < -0.3 is 24.5 Å². The average molecular weight is 207 g/mol. The summed E-state index contributed by atoms with van der Waals surface area (Å²) < 4.78 is 0. The summed E-state index contributed by atoms with van der Waals surface area (Å²) in [7, 11) is 0. The standard InChI is InChI=1S/HNO3.3H2O.Sr.2H/c2-1(3)4;;;;;;/h(H,2,3,4);3*1H2;;;/q;;;;+2;2*-1. The van der Waals surface area contributed by atoms with Crippen molar-refractivity contribution in [3.05, 3.63) is 10.1 Å². The zero-order chi connectivity index (χ0) is 3.58. The molecule has 8 heteroatoms. The van der Waals surface area contributed by atoms with E-state index in [9.17, 15) is 0 Å². The van der Waals surface area contributed by atoms with Crippen molar-refractivity contribution in [2.24, 2.45) is 0 Å². The molecule has 52 valence electrons. The van der Waals surface area contributed by atoms with E-state index in [2.05, 4.69) is 0 Å². The molecule has 0 bridgehead atoms. The normalized spacial score (nSPS) is 3.00. The van der Waals surface area contributed by atoms with Crippen LogP contribution in [-0.4, -0.2) is 72.2 Å². The summed E-state index contributed by atoms with van der Waals surface area (Å²) in [6.07, 6.45) is 0. The Morgan fingerprint density at radius 3 is 1.38 bits per heavy atom. The summed E-state index contributed by atoms with van der Waals surface area (Å²) in [4.78, 5) is 8.36. The van der Waals surface area contributed by atoms with Crippen LogP contribution >= 0.6 is 0 Å². The zero-order valence-corrected chi connectivity index (χ0v) is 7.39. The van der Waals surface area contributed by atoms with Crippen molar-refractivity contribution in [3.63, 3.8) is 0 Å². The SMILES string of the molecule is O.O.O.O=[N+]([O-])O.[H-].[H-].[Sr+2]. The first-order chi connectivity index (χ1) is 1.73. The maximum absolute atomic E-state index is 8.36. The molecule has 0 radical (unpaired) electrons. The molecular weight excluding hydrogens is 198 g/mol. The minimum absolute atomic E-state index is 0. The molecule has 0 aliphatic heterocycles. The first-order valence-electron chi connectivity index (χ1n) is 0.565. The second-order valence-electron chi connectivity index (χ2n) is 0.238. The van der Waals surface area contributed by atoms with Gasteiger partial charge in [0.25, 0.3) is 5.09 Å². The predicted molar refractivity (Wildman–Crippen MR) is 27.6 cm³/mol. The minimum Gasteiger partial charge on any atom is -1.00 e. The van der Waals surface area contributed by atoms with Crippen molar-refractivity contribution in [1.82, 2.24) is 0 Å². The van der Waals surface area contributed by atoms with Gasteiger partial charge in [-0.3, -0.25) is 0 Å². The molecule has 8 heavy (non-hydrogen) atoms. The molecular formula is H9NO6Sr. The van der Waals surface area contributed by atoms with Gasteiger partial charge in [-0.15, -0.1) is 10.1 Å². The third-order valence-corrected chi connectivity index (χ3v) is 0. The van der Waals surface area contributed by atoms with Crippen molar-refractivity contribution in [2.75, 3.05) is 0 Å². The molecule has 0 heterocycles. The Morgan fingerprint density at radius 2 is 1.38 bits per heavy atom. The largest absolute Gasteiger partial charge is 2.00 e. The Hall–Kier alpha value is 0.561. The average Bonchev–Trinajstić information content (AvgIpc) is 0.811. The molecule has 0 aromatic heterocycles. The van der Waals surface area contributed by atoms with E-state index >= 15 is 0 Å². The van der Waals surface area contributed by atoms with Gasteiger partial charge in [0, 0.05) is 0 Å². The van der Waals surface area contributed by atoms with E-state index in [0.29, 0.717) is 0 Å². The summed E-state index contributed by atoms with van der Waals surface area (Å²) in [5, 5.41) is 13.6. The van der Waals surface area contributed by atoms with E-state index in [1.807, 2.05) is 0 Å². The van der Waals surface area contributed by atoms with Crippen molar-refractivity contribution in [1.29, 1.82) is 0 Å². The van der Waals surface area contributed by atoms with Crippen LogP contribution in [0, 0.1) is 10.1 Å². The van der Waals surface area contributed by atoms with Crippen LogP contribution in [0.2, 0.25) is 0 Å². The topological polar surface area (TPSA) is 158 Å². The Labute approximate surface area is 84.6 Å². The first kappa shape index (κ1) is 38.6. The van der Waals surface area contributed by atoms with Gasteiger partial charge in [0.05, 0.1) is 0 Å². The number of rotatable bonds is 0. The molecule has 0 aliphatic rings. The van der Waals surface area contributed by atoms with Gasteiger partial charge in [0.2, 0.25) is 0 Å². The molecule has 0 unspecified atom stereocenters. The number of hydrogen-bond donors (Lipinski definition) is 1. The van der Waals surface area contributed by atoms with Gasteiger partial charge in [0.15, 0.2) is 0 Å². The van der Waals surface area contributed by atoms with Gasteiger partial charge in [-0.25, -0.2) is 0 Å². The van der Waals surface area contributed by atoms with Crippen LogP contribution in [-0.2, 0) is 0 Å². The molecule has 7 N–H and O–H groups in total. The van der Waals surface area contributed by atoms with Crippen LogP contribution in [0.25, 0.3) is 0 Å². The first-order valence-corrected chi connectivity index (χ1v) is 0.565. The van der Waals surface area contributed by atoms with Crippen LogP contribution in [0.15, 0.2) is 0 Å². The maximum Gasteiger partial charge on any atom is 2.00 e. The molecule has 0 spiro atoms. The predicted octanol–water partition coefficient (Wildman–Crippen LogP) is -2.98. The van der Waals surface area contributed by atoms with Gasteiger partial charge in [-0.05, 0) is 0 Å². The Kier molecular flexibility index (Phi) is 124. The van der Waals surface area contributed by atoms with E-state index in [1.165, 1.54) is 0 Å². The minimum atomic E-state index is -1.50. The fraction of sp³-hybridized carbons (Fsp3) is 0. The summed E-state index contributed by atoms with van der Waals surface area (Å²) in [5.41, 5.74) is 0. The Morgan fingerprint density at radius 1 is 1.38 bits per heavy atom. The van der Waals surface area contributed by atoms with E-state index in [4.69, 9.17) is 15.3 Å². The molecule has 7 nitrogen and oxygen atoms in total. The number of nitrogens with zero attached hydrogens (tertiary/aromatic N) is 1. The summed E-state index contributed by atoms with van der Waals surface area (Å²) in [6.45, 7) is 0. The number of hydrogen-bond acceptors (Lipinski definition) is 2. The molecule has 0 saturated heterocycles. The fourth-order valence-electron chi connectivity index (χ4n) is 0. The molecule has 0 aromatic rings. The second-order valence-corrected chi connectivity index (χ2v) is 0.238. The van der Waals surface area contributed by atoms with Crippen LogP contribution in [0.3, 0.4) is 0 Å². The van der Waals surface area contributed by atoms with Crippen LogP contribution in [0.5, 0.6) is 0 Å². The van der Waals surface area contributed by atoms with E-state index in [0.717, 1.165) is 0 Å². The third kappa shape index (κ3) is 646. The quantitative estimate of drug-likeness (QED) is 0.255. The molecule has 0 saturated carbocycles. The van der Waals surface area contributed by atoms with E-state index in [-0.39, 0.29) is 64.8 Å². The molecule has 0 aromatic carbocycles. The van der Waals surface area contributed by atoms with Gasteiger partial charge in [-0.2, -0.15) is 0 Å². The Balaban J connectivity index is -0.00000000300. The molecule has 0 aliphatic carbocycles. The Bertz CT molecular complexity index is 38.7. The third-order valence-electron chi connectivity index (χ3n) is 0. The summed E-state index contributed by atoms with van der Waals surface area (Å²) in [6, 6.07) is 0. The van der Waals surface area contributed by atoms with Crippen molar-refractivity contribution < 1.29 is 29.6 Å². The van der Waals surface area contributed by atoms with Crippen LogP contribution < -0.4 is 0 Å². The van der Waals surface area contributed by atoms with Crippen molar-refractivity contribution >= 4 is 45.5 Å². The van der Waals surface area contributed by atoms with E-state index in [1.54, 1.807) is 0 Å². The van der Waals surface area contributed by atoms with Gasteiger partial charge in [-0.1, -0.05) is 0 Å². The summed E-state index contributed by atoms with van der Waals surface area (Å²) in [5.74, 6) is 0. The van der Waals surface area contributed by atoms with Gasteiger partial charge in [0.1, 0.15) is 0 Å². The molecule has 0 amide bonds. The van der Waals surface area contributed by atoms with Crippen LogP contribution in [0.1, 0.15) is 2.85 Å². The fourth-order valence-corrected chi connectivity index (χ4v) is 0. The summed E-state index contributed by atoms with van der Waals surface area (Å²) >= 11 is 0. The molecule has 0 atom stereocenters.